The zero-order chi connectivity index (χ0) is 11.9. The van der Waals surface area contributed by atoms with Crippen molar-refractivity contribution in [1.82, 2.24) is 0 Å². The van der Waals surface area contributed by atoms with E-state index in [1.165, 1.54) is 0 Å². The van der Waals surface area contributed by atoms with E-state index >= 15 is 0 Å². The predicted octanol–water partition coefficient (Wildman–Crippen LogP) is 3.52. The number of aliphatic hydroxyl groups is 1. The van der Waals surface area contributed by atoms with Gasteiger partial charge in [-0.25, -0.2) is 0 Å². The van der Waals surface area contributed by atoms with E-state index in [1.807, 2.05) is 6.92 Å². The second kappa shape index (κ2) is 7.68. The van der Waals surface area contributed by atoms with Crippen LogP contribution < -0.4 is 0 Å². The second-order valence-electron chi connectivity index (χ2n) is 3.41. The molecule has 0 aromatic carbocycles. The van der Waals surface area contributed by atoms with Crippen molar-refractivity contribution in [2.75, 3.05) is 11.5 Å². The third kappa shape index (κ3) is 12.4. The van der Waals surface area contributed by atoms with E-state index < -0.39 is 5.51 Å². The molecule has 0 aromatic rings. The van der Waals surface area contributed by atoms with E-state index in [9.17, 15) is 13.2 Å². The number of hydrogen-bond acceptors (Lipinski definition) is 3. The van der Waals surface area contributed by atoms with E-state index in [0.29, 0.717) is 18.1 Å². The molecule has 2 atom stereocenters. The van der Waals surface area contributed by atoms with Crippen molar-refractivity contribution >= 4 is 23.5 Å². The first kappa shape index (κ1) is 15.4. The van der Waals surface area contributed by atoms with Crippen LogP contribution in [-0.2, 0) is 0 Å². The average molecular weight is 262 g/mol. The van der Waals surface area contributed by atoms with Gasteiger partial charge in [-0.1, -0.05) is 18.7 Å². The summed E-state index contributed by atoms with van der Waals surface area (Å²) < 4.78 is 35.2. The Hall–Kier alpha value is 0.450. The van der Waals surface area contributed by atoms with E-state index in [4.69, 9.17) is 5.11 Å². The number of alkyl halides is 3. The van der Waals surface area contributed by atoms with Crippen molar-refractivity contribution in [2.45, 2.75) is 43.6 Å². The number of aliphatic hydroxyl groups excluding tert-OH is 1. The zero-order valence-corrected chi connectivity index (χ0v) is 10.5. The van der Waals surface area contributed by atoms with Crippen LogP contribution in [0.15, 0.2) is 0 Å². The lowest BCUT2D eigenvalue weighted by Gasteiger charge is -2.12. The molecule has 0 heterocycles. The van der Waals surface area contributed by atoms with Gasteiger partial charge in [0.05, 0.1) is 6.10 Å². The highest BCUT2D eigenvalue weighted by Crippen LogP contribution is 2.31. The summed E-state index contributed by atoms with van der Waals surface area (Å²) in [7, 11) is 0. The molecule has 0 aliphatic heterocycles. The number of hydrogen-bond donors (Lipinski definition) is 1. The molecule has 1 nitrogen and oxygen atoms in total. The highest BCUT2D eigenvalue weighted by atomic mass is 32.2. The summed E-state index contributed by atoms with van der Waals surface area (Å²) >= 11 is 1.65. The predicted molar refractivity (Wildman–Crippen MR) is 61.3 cm³/mol. The van der Waals surface area contributed by atoms with Gasteiger partial charge in [0, 0.05) is 11.0 Å². The zero-order valence-electron chi connectivity index (χ0n) is 8.88. The molecule has 2 unspecified atom stereocenters. The molecule has 6 heteroatoms. The topological polar surface area (TPSA) is 20.2 Å². The molecule has 0 saturated carbocycles. The van der Waals surface area contributed by atoms with Gasteiger partial charge in [-0.15, -0.1) is 0 Å². The maximum atomic E-state index is 11.7. The second-order valence-corrected chi connectivity index (χ2v) is 6.12. The van der Waals surface area contributed by atoms with Gasteiger partial charge in [0.25, 0.3) is 0 Å². The van der Waals surface area contributed by atoms with E-state index in [-0.39, 0.29) is 23.6 Å². The molecular formula is C9H17F3OS2. The molecule has 0 fully saturated rings. The van der Waals surface area contributed by atoms with Gasteiger partial charge in [-0.3, -0.25) is 0 Å². The van der Waals surface area contributed by atoms with Gasteiger partial charge in [0.15, 0.2) is 0 Å². The Balaban J connectivity index is 3.31. The largest absolute Gasteiger partial charge is 0.441 e. The summed E-state index contributed by atoms with van der Waals surface area (Å²) in [4.78, 5) is 0. The summed E-state index contributed by atoms with van der Waals surface area (Å²) in [6.07, 6.45) is 0.910. The molecule has 0 saturated heterocycles. The van der Waals surface area contributed by atoms with Crippen LogP contribution in [-0.4, -0.2) is 33.5 Å². The monoisotopic (exact) mass is 262 g/mol. The smallest absolute Gasteiger partial charge is 0.393 e. The quantitative estimate of drug-likeness (QED) is 0.709. The average Bonchev–Trinajstić information content (AvgIpc) is 1.99. The SMILES string of the molecule is CC(O)CC(C)SCCCSC(F)(F)F. The summed E-state index contributed by atoms with van der Waals surface area (Å²) in [6.45, 7) is 3.70. The lowest BCUT2D eigenvalue weighted by atomic mass is 10.2. The van der Waals surface area contributed by atoms with Crippen molar-refractivity contribution in [3.8, 4) is 0 Å². The van der Waals surface area contributed by atoms with Crippen molar-refractivity contribution in [3.63, 3.8) is 0 Å². The summed E-state index contributed by atoms with van der Waals surface area (Å²) in [6, 6.07) is 0. The minimum atomic E-state index is -4.10. The van der Waals surface area contributed by atoms with Crippen LogP contribution in [0.4, 0.5) is 13.2 Å². The Bertz CT molecular complexity index is 162. The lowest BCUT2D eigenvalue weighted by molar-refractivity contribution is -0.0327. The molecule has 1 N–H and O–H groups in total. The first-order valence-electron chi connectivity index (χ1n) is 4.81. The highest BCUT2D eigenvalue weighted by Gasteiger charge is 2.27. The standard InChI is InChI=1S/C9H17F3OS2/c1-7(13)6-8(2)14-4-3-5-15-9(10,11)12/h7-8,13H,3-6H2,1-2H3. The molecule has 0 radical (unpaired) electrons. The normalized spacial score (nSPS) is 16.4. The third-order valence-electron chi connectivity index (χ3n) is 1.63. The fraction of sp³-hybridized carbons (Fsp3) is 1.00. The Morgan fingerprint density at radius 3 is 2.27 bits per heavy atom. The van der Waals surface area contributed by atoms with Gasteiger partial charge in [-0.2, -0.15) is 24.9 Å². The minimum absolute atomic E-state index is 0.0364. The van der Waals surface area contributed by atoms with Crippen molar-refractivity contribution < 1.29 is 18.3 Å². The van der Waals surface area contributed by atoms with Crippen molar-refractivity contribution in [3.05, 3.63) is 0 Å². The van der Waals surface area contributed by atoms with Crippen molar-refractivity contribution in [2.24, 2.45) is 0 Å². The fourth-order valence-corrected chi connectivity index (χ4v) is 2.91. The molecule has 0 rings (SSSR count). The molecule has 0 bridgehead atoms. The van der Waals surface area contributed by atoms with Crippen LogP contribution in [0.5, 0.6) is 0 Å². The van der Waals surface area contributed by atoms with Gasteiger partial charge in [0.1, 0.15) is 0 Å². The van der Waals surface area contributed by atoms with Crippen LogP contribution in [0.2, 0.25) is 0 Å². The molecule has 0 aliphatic rings. The Kier molecular flexibility index (Phi) is 7.91. The molecule has 15 heavy (non-hydrogen) atoms. The van der Waals surface area contributed by atoms with Crippen LogP contribution in [0.3, 0.4) is 0 Å². The minimum Gasteiger partial charge on any atom is -0.393 e. The fourth-order valence-electron chi connectivity index (χ4n) is 1.08. The molecular weight excluding hydrogens is 245 g/mol. The summed E-state index contributed by atoms with van der Waals surface area (Å²) in [5.74, 6) is 0.842. The van der Waals surface area contributed by atoms with Crippen LogP contribution >= 0.6 is 23.5 Å². The van der Waals surface area contributed by atoms with Gasteiger partial charge in [0.2, 0.25) is 0 Å². The van der Waals surface area contributed by atoms with Crippen LogP contribution in [0.25, 0.3) is 0 Å². The molecule has 0 spiro atoms. The Labute approximate surface area is 97.2 Å². The first-order valence-corrected chi connectivity index (χ1v) is 6.85. The Morgan fingerprint density at radius 2 is 1.80 bits per heavy atom. The summed E-state index contributed by atoms with van der Waals surface area (Å²) in [5.41, 5.74) is -4.10. The number of halogens is 3. The Morgan fingerprint density at radius 1 is 1.20 bits per heavy atom. The molecule has 0 aromatic heterocycles. The third-order valence-corrected chi connectivity index (χ3v) is 3.74. The maximum absolute atomic E-state index is 11.7. The maximum Gasteiger partial charge on any atom is 0.441 e. The van der Waals surface area contributed by atoms with Gasteiger partial charge < -0.3 is 5.11 Å². The van der Waals surface area contributed by atoms with Crippen LogP contribution in [0, 0.1) is 0 Å². The number of thioether (sulfide) groups is 2. The van der Waals surface area contributed by atoms with E-state index in [0.717, 1.165) is 5.75 Å². The van der Waals surface area contributed by atoms with Crippen LogP contribution in [0.1, 0.15) is 26.7 Å². The van der Waals surface area contributed by atoms with E-state index in [2.05, 4.69) is 0 Å². The summed E-state index contributed by atoms with van der Waals surface area (Å²) in [5, 5.41) is 9.37. The van der Waals surface area contributed by atoms with Gasteiger partial charge >= 0.3 is 5.51 Å². The molecule has 0 aliphatic carbocycles. The van der Waals surface area contributed by atoms with Gasteiger partial charge in [-0.05, 0) is 25.5 Å². The lowest BCUT2D eigenvalue weighted by Crippen LogP contribution is -2.09. The van der Waals surface area contributed by atoms with E-state index in [1.54, 1.807) is 18.7 Å². The molecule has 92 valence electrons. The number of rotatable bonds is 7. The first-order chi connectivity index (χ1) is 6.81. The highest BCUT2D eigenvalue weighted by molar-refractivity contribution is 8.00. The molecule has 0 amide bonds. The van der Waals surface area contributed by atoms with Crippen molar-refractivity contribution in [1.29, 1.82) is 0 Å².